The van der Waals surface area contributed by atoms with Gasteiger partial charge in [-0.2, -0.15) is 5.10 Å². The van der Waals surface area contributed by atoms with Crippen molar-refractivity contribution in [2.45, 2.75) is 38.6 Å². The average molecular weight is 300 g/mol. The molecule has 0 fully saturated rings. The van der Waals surface area contributed by atoms with Gasteiger partial charge in [-0.15, -0.1) is 0 Å². The van der Waals surface area contributed by atoms with Crippen LogP contribution in [-0.4, -0.2) is 27.8 Å². The molecule has 118 valence electrons. The highest BCUT2D eigenvalue weighted by Gasteiger charge is 2.20. The van der Waals surface area contributed by atoms with Gasteiger partial charge in [-0.3, -0.25) is 4.79 Å². The van der Waals surface area contributed by atoms with Crippen LogP contribution in [0, 0.1) is 0 Å². The van der Waals surface area contributed by atoms with Crippen molar-refractivity contribution in [2.24, 2.45) is 5.73 Å². The van der Waals surface area contributed by atoms with Crippen molar-refractivity contribution < 1.29 is 4.79 Å². The van der Waals surface area contributed by atoms with Crippen molar-refractivity contribution >= 4 is 5.91 Å². The molecule has 0 unspecified atom stereocenters. The van der Waals surface area contributed by atoms with Gasteiger partial charge in [0.25, 0.3) is 0 Å². The molecule has 1 aromatic heterocycles. The molecule has 5 nitrogen and oxygen atoms in total. The molecule has 0 saturated carbocycles. The predicted octanol–water partition coefficient (Wildman–Crippen LogP) is 2.05. The van der Waals surface area contributed by atoms with Gasteiger partial charge < -0.3 is 11.1 Å². The Labute approximate surface area is 131 Å². The third-order valence-corrected chi connectivity index (χ3v) is 4.07. The van der Waals surface area contributed by atoms with Gasteiger partial charge >= 0.3 is 0 Å². The maximum absolute atomic E-state index is 12.0. The molecular formula is C17H24N4O. The van der Waals surface area contributed by atoms with Crippen molar-refractivity contribution in [1.29, 1.82) is 0 Å². The summed E-state index contributed by atoms with van der Waals surface area (Å²) in [7, 11) is 0. The summed E-state index contributed by atoms with van der Waals surface area (Å²) in [5.74, 6) is -0.0238. The normalized spacial score (nSPS) is 11.4. The Morgan fingerprint density at radius 3 is 2.59 bits per heavy atom. The van der Waals surface area contributed by atoms with E-state index in [1.165, 1.54) is 0 Å². The van der Waals surface area contributed by atoms with E-state index >= 15 is 0 Å². The fourth-order valence-electron chi connectivity index (χ4n) is 2.20. The van der Waals surface area contributed by atoms with Gasteiger partial charge in [0.1, 0.15) is 0 Å². The summed E-state index contributed by atoms with van der Waals surface area (Å²) < 4.78 is 1.77. The molecule has 3 N–H and O–H groups in total. The molecule has 5 heteroatoms. The lowest BCUT2D eigenvalue weighted by atomic mass is 9.94. The first-order chi connectivity index (χ1) is 10.6. The van der Waals surface area contributed by atoms with Crippen LogP contribution in [0.4, 0.5) is 0 Å². The second-order valence-corrected chi connectivity index (χ2v) is 5.65. The molecule has 0 atom stereocenters. The minimum atomic E-state index is -0.316. The zero-order valence-electron chi connectivity index (χ0n) is 13.2. The predicted molar refractivity (Wildman–Crippen MR) is 87.8 cm³/mol. The van der Waals surface area contributed by atoms with Crippen molar-refractivity contribution in [1.82, 2.24) is 15.1 Å². The number of carbonyl (C=O) groups is 1. The maximum atomic E-state index is 12.0. The summed E-state index contributed by atoms with van der Waals surface area (Å²) in [4.78, 5) is 12.0. The Morgan fingerprint density at radius 1 is 1.27 bits per heavy atom. The maximum Gasteiger partial charge on any atom is 0.224 e. The molecule has 0 aliphatic rings. The molecule has 0 saturated heterocycles. The fourth-order valence-corrected chi connectivity index (χ4v) is 2.20. The zero-order chi connectivity index (χ0) is 16.0. The summed E-state index contributed by atoms with van der Waals surface area (Å²) in [5, 5.41) is 7.21. The number of benzene rings is 1. The molecular weight excluding hydrogens is 276 g/mol. The van der Waals surface area contributed by atoms with E-state index in [-0.39, 0.29) is 11.4 Å². The van der Waals surface area contributed by atoms with Gasteiger partial charge in [0.2, 0.25) is 5.91 Å². The molecule has 22 heavy (non-hydrogen) atoms. The number of carbonyl (C=O) groups excluding carboxylic acids is 1. The highest BCUT2D eigenvalue weighted by Crippen LogP contribution is 2.10. The van der Waals surface area contributed by atoms with Crippen LogP contribution in [0.25, 0.3) is 5.69 Å². The molecule has 1 amide bonds. The van der Waals surface area contributed by atoms with Gasteiger partial charge in [-0.1, -0.05) is 32.0 Å². The zero-order valence-corrected chi connectivity index (χ0v) is 13.2. The van der Waals surface area contributed by atoms with Crippen molar-refractivity contribution in [3.05, 3.63) is 48.3 Å². The van der Waals surface area contributed by atoms with Gasteiger partial charge in [0.15, 0.2) is 0 Å². The lowest BCUT2D eigenvalue weighted by molar-refractivity contribution is -0.120. The Bertz CT molecular complexity index is 602. The van der Waals surface area contributed by atoms with E-state index < -0.39 is 0 Å². The SMILES string of the molecule is CCC(N)(CC)CNC(=O)Cc1cnn(-c2ccccc2)c1. The number of amides is 1. The van der Waals surface area contributed by atoms with E-state index in [9.17, 15) is 4.79 Å². The first-order valence-corrected chi connectivity index (χ1v) is 7.71. The van der Waals surface area contributed by atoms with E-state index in [0.29, 0.717) is 13.0 Å². The van der Waals surface area contributed by atoms with E-state index in [1.54, 1.807) is 10.9 Å². The molecule has 1 heterocycles. The number of nitrogens with one attached hydrogen (secondary N) is 1. The second-order valence-electron chi connectivity index (χ2n) is 5.65. The summed E-state index contributed by atoms with van der Waals surface area (Å²) >= 11 is 0. The van der Waals surface area contributed by atoms with Crippen LogP contribution in [0.2, 0.25) is 0 Å². The highest BCUT2D eigenvalue weighted by atomic mass is 16.1. The summed E-state index contributed by atoms with van der Waals surface area (Å²) in [6.45, 7) is 4.59. The molecule has 2 aromatic rings. The fraction of sp³-hybridized carbons (Fsp3) is 0.412. The first kappa shape index (κ1) is 16.2. The van der Waals surface area contributed by atoms with E-state index in [2.05, 4.69) is 10.4 Å². The molecule has 0 aliphatic heterocycles. The standard InChI is InChI=1S/C17H24N4O/c1-3-17(18,4-2)13-19-16(22)10-14-11-20-21(12-14)15-8-6-5-7-9-15/h5-9,11-12H,3-4,10,13,18H2,1-2H3,(H,19,22). The average Bonchev–Trinajstić information content (AvgIpc) is 3.02. The number of rotatable bonds is 7. The molecule has 0 spiro atoms. The van der Waals surface area contributed by atoms with Gasteiger partial charge in [-0.25, -0.2) is 4.68 Å². The Balaban J connectivity index is 1.92. The second kappa shape index (κ2) is 7.22. The molecule has 0 radical (unpaired) electrons. The molecule has 1 aromatic carbocycles. The Hall–Kier alpha value is -2.14. The van der Waals surface area contributed by atoms with Crippen LogP contribution in [0.1, 0.15) is 32.3 Å². The summed E-state index contributed by atoms with van der Waals surface area (Å²) in [6, 6.07) is 9.82. The lowest BCUT2D eigenvalue weighted by Crippen LogP contribution is -2.49. The Morgan fingerprint density at radius 2 is 1.95 bits per heavy atom. The lowest BCUT2D eigenvalue weighted by Gasteiger charge is -2.26. The van der Waals surface area contributed by atoms with E-state index in [0.717, 1.165) is 24.1 Å². The number of hydrogen-bond donors (Lipinski definition) is 2. The van der Waals surface area contributed by atoms with E-state index in [1.807, 2.05) is 50.4 Å². The van der Waals surface area contributed by atoms with Gasteiger partial charge in [0.05, 0.1) is 18.3 Å². The van der Waals surface area contributed by atoms with Crippen molar-refractivity contribution in [2.75, 3.05) is 6.54 Å². The minimum Gasteiger partial charge on any atom is -0.354 e. The smallest absolute Gasteiger partial charge is 0.224 e. The number of para-hydroxylation sites is 1. The largest absolute Gasteiger partial charge is 0.354 e. The summed E-state index contributed by atoms with van der Waals surface area (Å²) in [6.07, 6.45) is 5.61. The van der Waals surface area contributed by atoms with Crippen LogP contribution in [-0.2, 0) is 11.2 Å². The number of nitrogens with two attached hydrogens (primary N) is 1. The third-order valence-electron chi connectivity index (χ3n) is 4.07. The number of nitrogens with zero attached hydrogens (tertiary/aromatic N) is 2. The van der Waals surface area contributed by atoms with Crippen LogP contribution in [0.15, 0.2) is 42.7 Å². The Kier molecular flexibility index (Phi) is 5.33. The monoisotopic (exact) mass is 300 g/mol. The van der Waals surface area contributed by atoms with Crippen LogP contribution >= 0.6 is 0 Å². The molecule has 0 aliphatic carbocycles. The van der Waals surface area contributed by atoms with Crippen molar-refractivity contribution in [3.8, 4) is 5.69 Å². The van der Waals surface area contributed by atoms with Crippen LogP contribution in [0.3, 0.4) is 0 Å². The molecule has 0 bridgehead atoms. The van der Waals surface area contributed by atoms with Crippen LogP contribution < -0.4 is 11.1 Å². The number of hydrogen-bond acceptors (Lipinski definition) is 3. The van der Waals surface area contributed by atoms with Crippen molar-refractivity contribution in [3.63, 3.8) is 0 Å². The van der Waals surface area contributed by atoms with Gasteiger partial charge in [-0.05, 0) is 30.5 Å². The summed E-state index contributed by atoms with van der Waals surface area (Å²) in [5.41, 5.74) is 7.74. The quantitative estimate of drug-likeness (QED) is 0.822. The van der Waals surface area contributed by atoms with Gasteiger partial charge in [0, 0.05) is 18.3 Å². The first-order valence-electron chi connectivity index (χ1n) is 7.71. The minimum absolute atomic E-state index is 0.0238. The topological polar surface area (TPSA) is 72.9 Å². The number of aromatic nitrogens is 2. The van der Waals surface area contributed by atoms with Crippen LogP contribution in [0.5, 0.6) is 0 Å². The van der Waals surface area contributed by atoms with E-state index in [4.69, 9.17) is 5.73 Å². The molecule has 2 rings (SSSR count). The highest BCUT2D eigenvalue weighted by molar-refractivity contribution is 5.78. The third kappa shape index (κ3) is 4.18.